The second-order valence-electron chi connectivity index (χ2n) is 3.92. The van der Waals surface area contributed by atoms with Gasteiger partial charge in [0.05, 0.1) is 13.2 Å². The van der Waals surface area contributed by atoms with Crippen LogP contribution in [0.3, 0.4) is 0 Å². The maximum absolute atomic E-state index is 12.7. The molecule has 0 radical (unpaired) electrons. The first kappa shape index (κ1) is 13.9. The van der Waals surface area contributed by atoms with Gasteiger partial charge < -0.3 is 5.11 Å². The zero-order valence-electron chi connectivity index (χ0n) is 9.65. The summed E-state index contributed by atoms with van der Waals surface area (Å²) in [5, 5.41) is 12.3. The van der Waals surface area contributed by atoms with Crippen LogP contribution in [0.15, 0.2) is 30.3 Å². The highest BCUT2D eigenvalue weighted by atomic mass is 35.5. The van der Waals surface area contributed by atoms with Crippen molar-refractivity contribution >= 4 is 11.6 Å². The van der Waals surface area contributed by atoms with Crippen molar-refractivity contribution in [1.82, 2.24) is 9.78 Å². The summed E-state index contributed by atoms with van der Waals surface area (Å²) in [5.74, 6) is 0. The maximum Gasteiger partial charge on any atom is 0.435 e. The number of aromatic nitrogens is 2. The Hall–Kier alpha value is -1.53. The van der Waals surface area contributed by atoms with E-state index in [9.17, 15) is 13.2 Å². The number of hydrogen-bond acceptors (Lipinski definition) is 2. The summed E-state index contributed by atoms with van der Waals surface area (Å²) in [4.78, 5) is 0. The highest BCUT2D eigenvalue weighted by Gasteiger charge is 2.38. The monoisotopic (exact) mass is 290 g/mol. The number of alkyl halides is 3. The van der Waals surface area contributed by atoms with E-state index in [1.54, 1.807) is 30.3 Å². The number of rotatable bonds is 3. The van der Waals surface area contributed by atoms with Gasteiger partial charge in [-0.25, -0.2) is 4.68 Å². The molecule has 0 amide bonds. The van der Waals surface area contributed by atoms with E-state index in [1.807, 2.05) is 0 Å². The molecule has 0 saturated carbocycles. The molecule has 1 aromatic carbocycles. The molecule has 0 spiro atoms. The van der Waals surface area contributed by atoms with Gasteiger partial charge in [-0.3, -0.25) is 0 Å². The van der Waals surface area contributed by atoms with Crippen molar-refractivity contribution in [2.45, 2.75) is 19.3 Å². The molecule has 19 heavy (non-hydrogen) atoms. The number of aliphatic hydroxyl groups excluding tert-OH is 1. The Kier molecular flexibility index (Phi) is 3.82. The van der Waals surface area contributed by atoms with E-state index < -0.39 is 24.0 Å². The lowest BCUT2D eigenvalue weighted by Gasteiger charge is -2.03. The topological polar surface area (TPSA) is 38.1 Å². The Morgan fingerprint density at radius 1 is 1.21 bits per heavy atom. The first-order chi connectivity index (χ1) is 8.93. The average Bonchev–Trinajstić information content (AvgIpc) is 2.67. The molecule has 0 atom stereocenters. The molecule has 0 unspecified atom stereocenters. The van der Waals surface area contributed by atoms with E-state index in [2.05, 4.69) is 5.10 Å². The SMILES string of the molecule is OCc1c(C(F)(F)F)nn(Cc2ccccc2)c1Cl. The van der Waals surface area contributed by atoms with Crippen LogP contribution >= 0.6 is 11.6 Å². The molecule has 0 bridgehead atoms. The minimum Gasteiger partial charge on any atom is -0.391 e. The Balaban J connectivity index is 2.40. The van der Waals surface area contributed by atoms with Crippen LogP contribution < -0.4 is 0 Å². The normalized spacial score (nSPS) is 11.8. The summed E-state index contributed by atoms with van der Waals surface area (Å²) in [6.45, 7) is -0.689. The first-order valence-corrected chi connectivity index (χ1v) is 5.78. The molecule has 0 aliphatic rings. The predicted octanol–water partition coefficient (Wildman–Crippen LogP) is 3.10. The molecule has 3 nitrogen and oxygen atoms in total. The summed E-state index contributed by atoms with van der Waals surface area (Å²) in [6.07, 6.45) is -4.64. The van der Waals surface area contributed by atoms with Crippen LogP contribution in [0, 0.1) is 0 Å². The fourth-order valence-corrected chi connectivity index (χ4v) is 1.95. The molecular formula is C12H10ClF3N2O. The van der Waals surface area contributed by atoms with Crippen molar-refractivity contribution in [2.75, 3.05) is 0 Å². The molecule has 7 heteroatoms. The largest absolute Gasteiger partial charge is 0.435 e. The third-order valence-corrected chi connectivity index (χ3v) is 3.01. The molecule has 0 aliphatic heterocycles. The van der Waals surface area contributed by atoms with Crippen LogP contribution in [-0.4, -0.2) is 14.9 Å². The first-order valence-electron chi connectivity index (χ1n) is 5.40. The van der Waals surface area contributed by atoms with Crippen molar-refractivity contribution in [2.24, 2.45) is 0 Å². The molecule has 1 heterocycles. The highest BCUT2D eigenvalue weighted by molar-refractivity contribution is 6.30. The van der Waals surface area contributed by atoms with E-state index in [1.165, 1.54) is 0 Å². The molecule has 0 saturated heterocycles. The van der Waals surface area contributed by atoms with Crippen LogP contribution in [0.4, 0.5) is 13.2 Å². The summed E-state index contributed by atoms with van der Waals surface area (Å²) < 4.78 is 39.2. The minimum atomic E-state index is -4.64. The van der Waals surface area contributed by atoms with Gasteiger partial charge in [0.15, 0.2) is 5.69 Å². The zero-order chi connectivity index (χ0) is 14.0. The molecule has 1 aromatic heterocycles. The molecule has 1 N–H and O–H groups in total. The van der Waals surface area contributed by atoms with E-state index in [0.29, 0.717) is 0 Å². The van der Waals surface area contributed by atoms with Crippen molar-refractivity contribution in [3.05, 3.63) is 52.3 Å². The molecule has 2 aromatic rings. The quantitative estimate of drug-likeness (QED) is 0.943. The maximum atomic E-state index is 12.7. The lowest BCUT2D eigenvalue weighted by molar-refractivity contribution is -0.142. The fourth-order valence-electron chi connectivity index (χ4n) is 1.71. The van der Waals surface area contributed by atoms with E-state index in [-0.39, 0.29) is 11.7 Å². The van der Waals surface area contributed by atoms with Gasteiger partial charge in [-0.05, 0) is 5.56 Å². The van der Waals surface area contributed by atoms with Gasteiger partial charge in [-0.2, -0.15) is 18.3 Å². The van der Waals surface area contributed by atoms with Gasteiger partial charge in [0.2, 0.25) is 0 Å². The van der Waals surface area contributed by atoms with Crippen molar-refractivity contribution in [3.8, 4) is 0 Å². The summed E-state index contributed by atoms with van der Waals surface area (Å²) in [7, 11) is 0. The highest BCUT2D eigenvalue weighted by Crippen LogP contribution is 2.34. The number of hydrogen-bond donors (Lipinski definition) is 1. The van der Waals surface area contributed by atoms with Gasteiger partial charge in [0.1, 0.15) is 5.15 Å². The zero-order valence-corrected chi connectivity index (χ0v) is 10.4. The van der Waals surface area contributed by atoms with Gasteiger partial charge >= 0.3 is 6.18 Å². The van der Waals surface area contributed by atoms with Crippen molar-refractivity contribution < 1.29 is 18.3 Å². The predicted molar refractivity (Wildman–Crippen MR) is 63.7 cm³/mol. The number of aliphatic hydroxyl groups is 1. The number of nitrogens with zero attached hydrogens (tertiary/aromatic N) is 2. The Morgan fingerprint density at radius 3 is 2.32 bits per heavy atom. The van der Waals surface area contributed by atoms with Crippen molar-refractivity contribution in [1.29, 1.82) is 0 Å². The minimum absolute atomic E-state index is 0.114. The molecular weight excluding hydrogens is 281 g/mol. The molecule has 2 rings (SSSR count). The summed E-state index contributed by atoms with van der Waals surface area (Å²) >= 11 is 5.83. The Morgan fingerprint density at radius 2 is 1.84 bits per heavy atom. The van der Waals surface area contributed by atoms with E-state index >= 15 is 0 Å². The lowest BCUT2D eigenvalue weighted by atomic mass is 10.2. The lowest BCUT2D eigenvalue weighted by Crippen LogP contribution is -2.10. The standard InChI is InChI=1S/C12H10ClF3N2O/c13-11-9(7-19)10(12(14,15)16)17-18(11)6-8-4-2-1-3-5-8/h1-5,19H,6-7H2. The van der Waals surface area contributed by atoms with Crippen LogP contribution in [0.1, 0.15) is 16.8 Å². The summed E-state index contributed by atoms with van der Waals surface area (Å²) in [5.41, 5.74) is -0.772. The van der Waals surface area contributed by atoms with Gasteiger partial charge in [-0.1, -0.05) is 41.9 Å². The third kappa shape index (κ3) is 2.90. The molecule has 102 valence electrons. The van der Waals surface area contributed by atoms with E-state index in [4.69, 9.17) is 16.7 Å². The second kappa shape index (κ2) is 5.22. The fraction of sp³-hybridized carbons (Fsp3) is 0.250. The second-order valence-corrected chi connectivity index (χ2v) is 4.28. The molecule has 0 aliphatic carbocycles. The number of benzene rings is 1. The van der Waals surface area contributed by atoms with Gasteiger partial charge in [0.25, 0.3) is 0 Å². The van der Waals surface area contributed by atoms with Crippen LogP contribution in [0.25, 0.3) is 0 Å². The third-order valence-electron chi connectivity index (χ3n) is 2.58. The smallest absolute Gasteiger partial charge is 0.391 e. The van der Waals surface area contributed by atoms with E-state index in [0.717, 1.165) is 10.2 Å². The van der Waals surface area contributed by atoms with Crippen molar-refractivity contribution in [3.63, 3.8) is 0 Å². The van der Waals surface area contributed by atoms with Gasteiger partial charge in [0, 0.05) is 5.56 Å². The number of halogens is 4. The summed E-state index contributed by atoms with van der Waals surface area (Å²) in [6, 6.07) is 8.84. The van der Waals surface area contributed by atoms with Crippen LogP contribution in [0.2, 0.25) is 5.15 Å². The Bertz CT molecular complexity index is 566. The van der Waals surface area contributed by atoms with Crippen LogP contribution in [0.5, 0.6) is 0 Å². The van der Waals surface area contributed by atoms with Gasteiger partial charge in [-0.15, -0.1) is 0 Å². The molecule has 0 fully saturated rings. The van der Waals surface area contributed by atoms with Crippen LogP contribution in [-0.2, 0) is 19.3 Å². The Labute approximate surface area is 112 Å². The average molecular weight is 291 g/mol.